The summed E-state index contributed by atoms with van der Waals surface area (Å²) in [5.74, 6) is 0. The van der Waals surface area contributed by atoms with Crippen molar-refractivity contribution in [1.29, 1.82) is 0 Å². The highest BCUT2D eigenvalue weighted by molar-refractivity contribution is 7.29. The summed E-state index contributed by atoms with van der Waals surface area (Å²) >= 11 is 0. The Balaban J connectivity index is 0.000000520. The Kier molecular flexibility index (Phi) is 10.8. The number of nitrogens with one attached hydrogen (secondary N) is 2. The van der Waals surface area contributed by atoms with E-state index in [-0.39, 0.29) is 8.96 Å². The lowest BCUT2D eigenvalue weighted by Gasteiger charge is -2.09. The molecular formula is C12H25N6OP. The van der Waals surface area contributed by atoms with E-state index in [1.165, 1.54) is 4.85 Å². The minimum Gasteiger partial charge on any atom is -0.362 e. The van der Waals surface area contributed by atoms with Gasteiger partial charge in [0.05, 0.1) is 0 Å². The Morgan fingerprint density at radius 2 is 1.65 bits per heavy atom. The fraction of sp³-hybridized carbons (Fsp3) is 0.500. The number of aromatic nitrogens is 3. The smallest absolute Gasteiger partial charge is 0.182 e. The van der Waals surface area contributed by atoms with Gasteiger partial charge in [0.25, 0.3) is 0 Å². The van der Waals surface area contributed by atoms with Gasteiger partial charge in [0, 0.05) is 0 Å². The van der Waals surface area contributed by atoms with E-state index in [2.05, 4.69) is 20.9 Å². The third-order valence-corrected chi connectivity index (χ3v) is 2.25. The van der Waals surface area contributed by atoms with Crippen LogP contribution in [0.4, 0.5) is 0 Å². The highest BCUT2D eigenvalue weighted by Gasteiger charge is 2.03. The third-order valence-electron chi connectivity index (χ3n) is 1.63. The molecule has 20 heavy (non-hydrogen) atoms. The normalized spacial score (nSPS) is 10.2. The van der Waals surface area contributed by atoms with Crippen LogP contribution >= 0.6 is 8.96 Å². The maximum Gasteiger partial charge on any atom is 0.182 e. The second kappa shape index (κ2) is 11.5. The van der Waals surface area contributed by atoms with Gasteiger partial charge in [0.15, 0.2) is 8.96 Å². The summed E-state index contributed by atoms with van der Waals surface area (Å²) in [6.45, 7) is 0. The van der Waals surface area contributed by atoms with Crippen LogP contribution in [0.25, 0.3) is 11.0 Å². The lowest BCUT2D eigenvalue weighted by atomic mass is 10.3. The van der Waals surface area contributed by atoms with E-state index in [0.717, 1.165) is 11.0 Å². The van der Waals surface area contributed by atoms with Gasteiger partial charge in [-0.2, -0.15) is 0 Å². The second-order valence-corrected chi connectivity index (χ2v) is 5.29. The molecule has 0 aliphatic heterocycles. The molecule has 7 nitrogen and oxygen atoms in total. The molecule has 0 radical (unpaired) electrons. The summed E-state index contributed by atoms with van der Waals surface area (Å²) in [5, 5.41) is 13.4. The van der Waals surface area contributed by atoms with E-state index >= 15 is 0 Å². The van der Waals surface area contributed by atoms with Crippen molar-refractivity contribution in [3.8, 4) is 0 Å². The molecule has 114 valence electrons. The van der Waals surface area contributed by atoms with E-state index in [9.17, 15) is 0 Å². The highest BCUT2D eigenvalue weighted by Crippen LogP contribution is 2.14. The molecule has 0 fully saturated rings. The van der Waals surface area contributed by atoms with E-state index in [1.54, 1.807) is 0 Å². The number of hydrogen-bond donors (Lipinski definition) is 2. The highest BCUT2D eigenvalue weighted by atomic mass is 31.1. The fourth-order valence-electron chi connectivity index (χ4n) is 1.04. The van der Waals surface area contributed by atoms with Gasteiger partial charge < -0.3 is 15.3 Å². The molecule has 2 N–H and O–H groups in total. The standard InChI is InChI=1S/C8H11N4OP.2C2H7N/c1-11(2)14-13-12-8-6-4-3-5-7(8)9-10-12;2*1-3-2/h3-6,14H,1-2H3;2*3H,1-2H3. The molecule has 1 heterocycles. The SMILES string of the molecule is CN(C)POn1nnc2ccccc21.CNC.CNC. The Morgan fingerprint density at radius 1 is 1.10 bits per heavy atom. The minimum atomic E-state index is 0.240. The molecule has 1 unspecified atom stereocenters. The van der Waals surface area contributed by atoms with E-state index in [4.69, 9.17) is 4.62 Å². The maximum atomic E-state index is 5.42. The van der Waals surface area contributed by atoms with Gasteiger partial charge in [0.2, 0.25) is 0 Å². The van der Waals surface area contributed by atoms with Crippen molar-refractivity contribution in [2.75, 3.05) is 42.3 Å². The monoisotopic (exact) mass is 300 g/mol. The summed E-state index contributed by atoms with van der Waals surface area (Å²) in [4.78, 5) is 1.45. The summed E-state index contributed by atoms with van der Waals surface area (Å²) in [5.41, 5.74) is 1.73. The lowest BCUT2D eigenvalue weighted by Crippen LogP contribution is -2.10. The van der Waals surface area contributed by atoms with Crippen molar-refractivity contribution in [2.45, 2.75) is 0 Å². The molecule has 1 aromatic carbocycles. The number of rotatable bonds is 3. The van der Waals surface area contributed by atoms with Crippen molar-refractivity contribution in [2.24, 2.45) is 0 Å². The van der Waals surface area contributed by atoms with E-state index in [1.807, 2.05) is 71.2 Å². The first kappa shape index (κ1) is 18.7. The zero-order valence-electron chi connectivity index (χ0n) is 13.0. The molecule has 0 spiro atoms. The quantitative estimate of drug-likeness (QED) is 0.809. The molecule has 8 heteroatoms. The van der Waals surface area contributed by atoms with Gasteiger partial charge in [-0.1, -0.05) is 17.0 Å². The predicted octanol–water partition coefficient (Wildman–Crippen LogP) is 0.601. The summed E-state index contributed by atoms with van der Waals surface area (Å²) in [6.07, 6.45) is 0. The van der Waals surface area contributed by atoms with Crippen molar-refractivity contribution in [3.05, 3.63) is 24.3 Å². The molecule has 0 aliphatic rings. The molecule has 1 aromatic heterocycles. The fourth-order valence-corrected chi connectivity index (χ4v) is 1.41. The van der Waals surface area contributed by atoms with Crippen LogP contribution in [0.3, 0.4) is 0 Å². The molecular weight excluding hydrogens is 275 g/mol. The van der Waals surface area contributed by atoms with Gasteiger partial charge in [-0.3, -0.25) is 4.67 Å². The van der Waals surface area contributed by atoms with Gasteiger partial charge in [-0.25, -0.2) is 0 Å². The number of nitrogens with zero attached hydrogens (tertiary/aromatic N) is 4. The molecule has 0 aliphatic carbocycles. The van der Waals surface area contributed by atoms with Crippen LogP contribution in [-0.4, -0.2) is 62.1 Å². The first-order chi connectivity index (χ1) is 9.60. The minimum absolute atomic E-state index is 0.240. The Morgan fingerprint density at radius 3 is 2.20 bits per heavy atom. The molecule has 2 rings (SSSR count). The molecule has 0 amide bonds. The number of benzene rings is 1. The Bertz CT molecular complexity index is 460. The van der Waals surface area contributed by atoms with Crippen molar-refractivity contribution < 1.29 is 4.62 Å². The van der Waals surface area contributed by atoms with Crippen LogP contribution in [0.15, 0.2) is 24.3 Å². The van der Waals surface area contributed by atoms with Gasteiger partial charge in [0.1, 0.15) is 11.0 Å². The molecule has 0 saturated heterocycles. The third kappa shape index (κ3) is 7.35. The van der Waals surface area contributed by atoms with Crippen LogP contribution < -0.4 is 15.3 Å². The topological polar surface area (TPSA) is 67.2 Å². The predicted molar refractivity (Wildman–Crippen MR) is 86.1 cm³/mol. The molecule has 0 bridgehead atoms. The van der Waals surface area contributed by atoms with Crippen LogP contribution in [0.5, 0.6) is 0 Å². The summed E-state index contributed by atoms with van der Waals surface area (Å²) < 4.78 is 7.36. The van der Waals surface area contributed by atoms with E-state index in [0.29, 0.717) is 0 Å². The zero-order chi connectivity index (χ0) is 15.4. The van der Waals surface area contributed by atoms with Crippen molar-refractivity contribution in [1.82, 2.24) is 30.5 Å². The van der Waals surface area contributed by atoms with E-state index < -0.39 is 0 Å². The van der Waals surface area contributed by atoms with Crippen LogP contribution in [0.2, 0.25) is 0 Å². The van der Waals surface area contributed by atoms with Gasteiger partial charge in [-0.15, -0.1) is 5.10 Å². The van der Waals surface area contributed by atoms with Crippen molar-refractivity contribution in [3.63, 3.8) is 0 Å². The molecule has 2 aromatic rings. The number of para-hydroxylation sites is 1. The second-order valence-electron chi connectivity index (χ2n) is 4.03. The Hall–Kier alpha value is -1.27. The van der Waals surface area contributed by atoms with Crippen molar-refractivity contribution >= 4 is 20.0 Å². The Labute approximate surface area is 122 Å². The van der Waals surface area contributed by atoms with Crippen LogP contribution in [0.1, 0.15) is 0 Å². The van der Waals surface area contributed by atoms with Crippen LogP contribution in [0, 0.1) is 0 Å². The zero-order valence-corrected chi connectivity index (χ0v) is 14.0. The van der Waals surface area contributed by atoms with Gasteiger partial charge >= 0.3 is 0 Å². The molecule has 1 atom stereocenters. The maximum absolute atomic E-state index is 5.42. The van der Waals surface area contributed by atoms with Gasteiger partial charge in [-0.05, 0) is 59.6 Å². The average Bonchev–Trinajstić information content (AvgIpc) is 2.81. The number of fused-ring (bicyclic) bond motifs is 1. The largest absolute Gasteiger partial charge is 0.362 e. The average molecular weight is 300 g/mol. The first-order valence-electron chi connectivity index (χ1n) is 6.18. The van der Waals surface area contributed by atoms with Crippen LogP contribution in [-0.2, 0) is 0 Å². The summed E-state index contributed by atoms with van der Waals surface area (Å²) in [6, 6.07) is 7.69. The first-order valence-corrected chi connectivity index (χ1v) is 7.03. The number of hydrogen-bond acceptors (Lipinski definition) is 6. The molecule has 0 saturated carbocycles. The summed E-state index contributed by atoms with van der Waals surface area (Å²) in [7, 11) is 11.6. The lowest BCUT2D eigenvalue weighted by molar-refractivity contribution is 0.259.